The van der Waals surface area contributed by atoms with Crippen LogP contribution in [0, 0.1) is 12.3 Å². The number of carbonyl (C=O) groups is 2. The average molecular weight is 552 g/mol. The Balaban J connectivity index is 1.61. The molecule has 0 amide bonds. The van der Waals surface area contributed by atoms with Crippen molar-refractivity contribution < 1.29 is 28.6 Å². The second-order valence-corrected chi connectivity index (χ2v) is 10.1. The molecule has 1 aliphatic heterocycles. The molecule has 1 saturated heterocycles. The van der Waals surface area contributed by atoms with Crippen molar-refractivity contribution in [2.24, 2.45) is 5.41 Å². The van der Waals surface area contributed by atoms with E-state index in [0.29, 0.717) is 23.6 Å². The van der Waals surface area contributed by atoms with E-state index in [-0.39, 0.29) is 6.42 Å². The van der Waals surface area contributed by atoms with Crippen LogP contribution in [-0.2, 0) is 30.5 Å². The molecule has 1 aliphatic rings. The van der Waals surface area contributed by atoms with Gasteiger partial charge in [0.15, 0.2) is 5.41 Å². The Hall–Kier alpha value is -4.62. The first-order chi connectivity index (χ1) is 20.0. The lowest BCUT2D eigenvalue weighted by atomic mass is 9.70. The summed E-state index contributed by atoms with van der Waals surface area (Å²) in [6.45, 7) is 2.40. The lowest BCUT2D eigenvalue weighted by Gasteiger charge is -2.49. The lowest BCUT2D eigenvalue weighted by molar-refractivity contribution is -0.186. The van der Waals surface area contributed by atoms with Crippen LogP contribution in [0.15, 0.2) is 109 Å². The van der Waals surface area contributed by atoms with Crippen molar-refractivity contribution >= 4 is 17.6 Å². The van der Waals surface area contributed by atoms with Gasteiger partial charge in [0, 0.05) is 6.42 Å². The van der Waals surface area contributed by atoms with E-state index >= 15 is 0 Å². The Bertz CT molecular complexity index is 1440. The van der Waals surface area contributed by atoms with Gasteiger partial charge in [0.1, 0.15) is 24.5 Å². The Morgan fingerprint density at radius 3 is 1.95 bits per heavy atom. The van der Waals surface area contributed by atoms with Gasteiger partial charge in [-0.05, 0) is 47.9 Å². The maximum atomic E-state index is 13.8. The SMILES string of the molecule is COC(=O)C1(C(=O)OC)CC(c2ccccc2)ON(c2ccc(C)cc2)[C@@H]1c1ccc(OCc2ccccc2)cc1. The summed E-state index contributed by atoms with van der Waals surface area (Å²) in [5.74, 6) is -0.736. The number of benzene rings is 4. The van der Waals surface area contributed by atoms with E-state index in [1.165, 1.54) is 14.2 Å². The number of aryl methyl sites for hydroxylation is 1. The summed E-state index contributed by atoms with van der Waals surface area (Å²) in [4.78, 5) is 34.2. The van der Waals surface area contributed by atoms with Crippen LogP contribution in [0.5, 0.6) is 5.75 Å². The summed E-state index contributed by atoms with van der Waals surface area (Å²) in [5, 5.41) is 1.65. The topological polar surface area (TPSA) is 74.3 Å². The summed E-state index contributed by atoms with van der Waals surface area (Å²) in [6, 6.07) is 33.6. The Morgan fingerprint density at radius 1 is 0.780 bits per heavy atom. The molecule has 0 spiro atoms. The van der Waals surface area contributed by atoms with Gasteiger partial charge in [-0.2, -0.15) is 0 Å². The molecule has 4 aromatic carbocycles. The first-order valence-electron chi connectivity index (χ1n) is 13.5. The predicted octanol–water partition coefficient (Wildman–Crippen LogP) is 6.53. The van der Waals surface area contributed by atoms with Crippen LogP contribution >= 0.6 is 0 Å². The van der Waals surface area contributed by atoms with Crippen LogP contribution in [0.3, 0.4) is 0 Å². The van der Waals surface area contributed by atoms with Crippen molar-refractivity contribution in [3.8, 4) is 5.75 Å². The predicted molar refractivity (Wildman–Crippen MR) is 155 cm³/mol. The van der Waals surface area contributed by atoms with Gasteiger partial charge >= 0.3 is 11.9 Å². The number of hydroxylamine groups is 1. The molecular weight excluding hydrogens is 518 g/mol. The number of hydrogen-bond donors (Lipinski definition) is 0. The van der Waals surface area contributed by atoms with Gasteiger partial charge in [0.25, 0.3) is 0 Å². The van der Waals surface area contributed by atoms with Crippen molar-refractivity contribution in [1.82, 2.24) is 0 Å². The molecule has 2 atom stereocenters. The molecule has 0 aliphatic carbocycles. The second-order valence-electron chi connectivity index (χ2n) is 10.1. The highest BCUT2D eigenvalue weighted by Crippen LogP contribution is 2.54. The molecule has 1 fully saturated rings. The van der Waals surface area contributed by atoms with Crippen molar-refractivity contribution in [3.63, 3.8) is 0 Å². The van der Waals surface area contributed by atoms with E-state index in [4.69, 9.17) is 19.0 Å². The smallest absolute Gasteiger partial charge is 0.325 e. The number of esters is 2. The summed E-state index contributed by atoms with van der Waals surface area (Å²) in [6.07, 6.45) is -0.601. The van der Waals surface area contributed by atoms with E-state index in [9.17, 15) is 9.59 Å². The normalized spacial score (nSPS) is 17.9. The van der Waals surface area contributed by atoms with Crippen LogP contribution in [0.25, 0.3) is 0 Å². The molecule has 7 nitrogen and oxygen atoms in total. The zero-order valence-electron chi connectivity index (χ0n) is 23.4. The minimum Gasteiger partial charge on any atom is -0.489 e. The molecule has 1 heterocycles. The number of methoxy groups -OCH3 is 2. The van der Waals surface area contributed by atoms with Gasteiger partial charge in [-0.1, -0.05) is 90.5 Å². The van der Waals surface area contributed by atoms with E-state index in [0.717, 1.165) is 16.7 Å². The van der Waals surface area contributed by atoms with Gasteiger partial charge in [-0.3, -0.25) is 14.4 Å². The van der Waals surface area contributed by atoms with Crippen molar-refractivity contribution in [1.29, 1.82) is 0 Å². The third kappa shape index (κ3) is 5.67. The quantitative estimate of drug-likeness (QED) is 0.182. The molecular formula is C34H33NO6. The zero-order chi connectivity index (χ0) is 28.8. The van der Waals surface area contributed by atoms with Crippen LogP contribution in [0.1, 0.15) is 40.8 Å². The molecule has 0 N–H and O–H groups in total. The fourth-order valence-corrected chi connectivity index (χ4v) is 5.33. The largest absolute Gasteiger partial charge is 0.489 e. The fourth-order valence-electron chi connectivity index (χ4n) is 5.33. The summed E-state index contributed by atoms with van der Waals surface area (Å²) >= 11 is 0. The van der Waals surface area contributed by atoms with Crippen LogP contribution in [-0.4, -0.2) is 26.2 Å². The molecule has 210 valence electrons. The van der Waals surface area contributed by atoms with E-state index in [1.54, 1.807) is 5.06 Å². The van der Waals surface area contributed by atoms with Crippen LogP contribution in [0.4, 0.5) is 5.69 Å². The fraction of sp³-hybridized carbons (Fsp3) is 0.235. The third-order valence-corrected chi connectivity index (χ3v) is 7.45. The number of carbonyl (C=O) groups excluding carboxylic acids is 2. The first-order valence-corrected chi connectivity index (χ1v) is 13.5. The van der Waals surface area contributed by atoms with E-state index < -0.39 is 29.5 Å². The summed E-state index contributed by atoms with van der Waals surface area (Å²) in [5.41, 5.74) is 2.55. The highest BCUT2D eigenvalue weighted by Gasteiger charge is 2.62. The minimum absolute atomic E-state index is 0.0235. The highest BCUT2D eigenvalue weighted by atomic mass is 16.7. The number of ether oxygens (including phenoxy) is 3. The Labute approximate surface area is 240 Å². The average Bonchev–Trinajstić information content (AvgIpc) is 3.04. The maximum absolute atomic E-state index is 13.8. The second kappa shape index (κ2) is 12.3. The van der Waals surface area contributed by atoms with E-state index in [1.807, 2.05) is 116 Å². The molecule has 0 aromatic heterocycles. The molecule has 0 saturated carbocycles. The first kappa shape index (κ1) is 27.9. The molecule has 0 radical (unpaired) electrons. The molecule has 41 heavy (non-hydrogen) atoms. The standard InChI is InChI=1S/C34H33NO6/c1-24-14-18-28(19-15-24)35-31(27-16-20-29(21-17-27)40-23-25-10-6-4-7-11-25)34(32(36)38-2,33(37)39-3)22-30(41-35)26-12-8-5-9-13-26/h4-21,30-31H,22-23H2,1-3H3/t30?,31-/m1/s1. The Kier molecular flexibility index (Phi) is 8.36. The number of hydrogen-bond acceptors (Lipinski definition) is 7. The summed E-state index contributed by atoms with van der Waals surface area (Å²) < 4.78 is 16.6. The molecule has 4 aromatic rings. The summed E-state index contributed by atoms with van der Waals surface area (Å²) in [7, 11) is 2.57. The number of nitrogens with zero attached hydrogens (tertiary/aromatic N) is 1. The van der Waals surface area contributed by atoms with Gasteiger partial charge in [0.05, 0.1) is 19.9 Å². The van der Waals surface area contributed by atoms with Crippen molar-refractivity contribution in [2.45, 2.75) is 32.1 Å². The monoisotopic (exact) mass is 551 g/mol. The zero-order valence-corrected chi connectivity index (χ0v) is 23.4. The molecule has 1 unspecified atom stereocenters. The molecule has 0 bridgehead atoms. The van der Waals surface area contributed by atoms with Gasteiger partial charge in [-0.15, -0.1) is 0 Å². The molecule has 7 heteroatoms. The minimum atomic E-state index is -1.74. The van der Waals surface area contributed by atoms with Gasteiger partial charge in [-0.25, -0.2) is 5.06 Å². The Morgan fingerprint density at radius 2 is 1.37 bits per heavy atom. The highest BCUT2D eigenvalue weighted by molar-refractivity contribution is 6.02. The van der Waals surface area contributed by atoms with Crippen molar-refractivity contribution in [2.75, 3.05) is 19.3 Å². The van der Waals surface area contributed by atoms with Crippen LogP contribution in [0.2, 0.25) is 0 Å². The lowest BCUT2D eigenvalue weighted by Crippen LogP contribution is -2.56. The van der Waals surface area contributed by atoms with Gasteiger partial charge < -0.3 is 14.2 Å². The van der Waals surface area contributed by atoms with E-state index in [2.05, 4.69) is 0 Å². The number of anilines is 1. The molecule has 5 rings (SSSR count). The maximum Gasteiger partial charge on any atom is 0.325 e. The van der Waals surface area contributed by atoms with Gasteiger partial charge in [0.2, 0.25) is 0 Å². The van der Waals surface area contributed by atoms with Crippen LogP contribution < -0.4 is 9.80 Å². The third-order valence-electron chi connectivity index (χ3n) is 7.45. The van der Waals surface area contributed by atoms with Crippen molar-refractivity contribution in [3.05, 3.63) is 131 Å². The number of rotatable bonds is 8.